The highest BCUT2D eigenvalue weighted by atomic mass is 15.4. The van der Waals surface area contributed by atoms with Gasteiger partial charge >= 0.3 is 0 Å². The molecular formula is C12H19N5. The minimum absolute atomic E-state index is 0.374. The van der Waals surface area contributed by atoms with E-state index in [2.05, 4.69) is 23.4 Å². The third kappa shape index (κ3) is 2.21. The zero-order valence-electron chi connectivity index (χ0n) is 10.2. The minimum Gasteiger partial charge on any atom is -0.383 e. The molecule has 1 aliphatic carbocycles. The maximum absolute atomic E-state index is 9.13. The van der Waals surface area contributed by atoms with Gasteiger partial charge in [0.2, 0.25) is 0 Å². The van der Waals surface area contributed by atoms with Crippen LogP contribution in [0.25, 0.3) is 0 Å². The van der Waals surface area contributed by atoms with Crippen LogP contribution in [-0.2, 0) is 0 Å². The summed E-state index contributed by atoms with van der Waals surface area (Å²) >= 11 is 0. The van der Waals surface area contributed by atoms with Gasteiger partial charge in [-0.2, -0.15) is 10.4 Å². The number of nitriles is 1. The first-order valence-electron chi connectivity index (χ1n) is 6.29. The van der Waals surface area contributed by atoms with Gasteiger partial charge in [-0.1, -0.05) is 19.8 Å². The zero-order chi connectivity index (χ0) is 12.3. The van der Waals surface area contributed by atoms with Crippen molar-refractivity contribution in [3.05, 3.63) is 5.56 Å². The van der Waals surface area contributed by atoms with Crippen LogP contribution in [0.15, 0.2) is 0 Å². The van der Waals surface area contributed by atoms with Crippen molar-refractivity contribution in [2.45, 2.75) is 45.1 Å². The van der Waals surface area contributed by atoms with E-state index in [0.29, 0.717) is 23.2 Å². The molecule has 1 aromatic heterocycles. The van der Waals surface area contributed by atoms with Crippen molar-refractivity contribution in [3.8, 4) is 6.07 Å². The molecule has 17 heavy (non-hydrogen) atoms. The number of nitrogen functional groups attached to an aromatic ring is 1. The standard InChI is InChI=1S/C12H19N5/c1-2-7-15-12-10(8-13)11(14)17(16-12)9-5-3-4-6-9/h9H,2-7,14H2,1H3,(H,15,16). The summed E-state index contributed by atoms with van der Waals surface area (Å²) in [6.45, 7) is 2.90. The Morgan fingerprint density at radius 2 is 2.24 bits per heavy atom. The van der Waals surface area contributed by atoms with Crippen LogP contribution in [0.4, 0.5) is 11.6 Å². The Bertz CT molecular complexity index is 423. The van der Waals surface area contributed by atoms with Crippen LogP contribution < -0.4 is 11.1 Å². The van der Waals surface area contributed by atoms with E-state index in [1.807, 2.05) is 4.68 Å². The van der Waals surface area contributed by atoms with Gasteiger partial charge in [0.25, 0.3) is 0 Å². The zero-order valence-corrected chi connectivity index (χ0v) is 10.2. The second-order valence-electron chi connectivity index (χ2n) is 4.53. The van der Waals surface area contributed by atoms with Crippen molar-refractivity contribution in [1.29, 1.82) is 5.26 Å². The average Bonchev–Trinajstić information content (AvgIpc) is 2.94. The molecule has 5 heteroatoms. The van der Waals surface area contributed by atoms with Crippen LogP contribution in [0.3, 0.4) is 0 Å². The molecular weight excluding hydrogens is 214 g/mol. The summed E-state index contributed by atoms with van der Waals surface area (Å²) < 4.78 is 1.84. The molecule has 1 saturated carbocycles. The Morgan fingerprint density at radius 3 is 2.82 bits per heavy atom. The average molecular weight is 233 g/mol. The molecule has 0 spiro atoms. The van der Waals surface area contributed by atoms with Crippen LogP contribution in [0.5, 0.6) is 0 Å². The molecule has 1 aromatic rings. The topological polar surface area (TPSA) is 79.7 Å². The fourth-order valence-corrected chi connectivity index (χ4v) is 2.35. The van der Waals surface area contributed by atoms with Crippen molar-refractivity contribution in [1.82, 2.24) is 9.78 Å². The first-order valence-corrected chi connectivity index (χ1v) is 6.29. The van der Waals surface area contributed by atoms with E-state index in [-0.39, 0.29) is 0 Å². The Morgan fingerprint density at radius 1 is 1.53 bits per heavy atom. The number of hydrogen-bond acceptors (Lipinski definition) is 4. The summed E-state index contributed by atoms with van der Waals surface area (Å²) in [7, 11) is 0. The van der Waals surface area contributed by atoms with Gasteiger partial charge in [-0.05, 0) is 19.3 Å². The molecule has 0 atom stereocenters. The fraction of sp³-hybridized carbons (Fsp3) is 0.667. The Balaban J connectivity index is 2.27. The molecule has 5 nitrogen and oxygen atoms in total. The van der Waals surface area contributed by atoms with E-state index in [9.17, 15) is 0 Å². The molecule has 0 aliphatic heterocycles. The van der Waals surface area contributed by atoms with Gasteiger partial charge in [0.05, 0.1) is 6.04 Å². The van der Waals surface area contributed by atoms with Crippen LogP contribution in [-0.4, -0.2) is 16.3 Å². The molecule has 0 saturated heterocycles. The second-order valence-corrected chi connectivity index (χ2v) is 4.53. The molecule has 0 aromatic carbocycles. The monoisotopic (exact) mass is 233 g/mol. The number of aromatic nitrogens is 2. The van der Waals surface area contributed by atoms with Crippen molar-refractivity contribution < 1.29 is 0 Å². The van der Waals surface area contributed by atoms with Crippen LogP contribution >= 0.6 is 0 Å². The summed E-state index contributed by atoms with van der Waals surface area (Å²) in [5, 5.41) is 16.8. The fourth-order valence-electron chi connectivity index (χ4n) is 2.35. The maximum Gasteiger partial charge on any atom is 0.168 e. The van der Waals surface area contributed by atoms with E-state index in [1.165, 1.54) is 12.8 Å². The normalized spacial score (nSPS) is 16.0. The highest BCUT2D eigenvalue weighted by Gasteiger charge is 2.23. The van der Waals surface area contributed by atoms with Gasteiger partial charge in [0.1, 0.15) is 17.5 Å². The second kappa shape index (κ2) is 5.09. The summed E-state index contributed by atoms with van der Waals surface area (Å²) in [6.07, 6.45) is 5.68. The lowest BCUT2D eigenvalue weighted by Crippen LogP contribution is -2.10. The number of rotatable bonds is 4. The van der Waals surface area contributed by atoms with Crippen molar-refractivity contribution in [2.75, 3.05) is 17.6 Å². The number of nitrogens with zero attached hydrogens (tertiary/aromatic N) is 3. The Labute approximate surface area is 102 Å². The third-order valence-electron chi connectivity index (χ3n) is 3.27. The number of nitrogens with one attached hydrogen (secondary N) is 1. The van der Waals surface area contributed by atoms with Crippen LogP contribution in [0.1, 0.15) is 50.6 Å². The Hall–Kier alpha value is -1.70. The summed E-state index contributed by atoms with van der Waals surface area (Å²) in [5.41, 5.74) is 6.50. The van der Waals surface area contributed by atoms with E-state index < -0.39 is 0 Å². The Kier molecular flexibility index (Phi) is 3.52. The van der Waals surface area contributed by atoms with Gasteiger partial charge in [-0.3, -0.25) is 0 Å². The predicted octanol–water partition coefficient (Wildman–Crippen LogP) is 2.27. The van der Waals surface area contributed by atoms with Gasteiger partial charge in [-0.25, -0.2) is 4.68 Å². The smallest absolute Gasteiger partial charge is 0.168 e. The maximum atomic E-state index is 9.13. The van der Waals surface area contributed by atoms with Gasteiger partial charge in [-0.15, -0.1) is 0 Å². The molecule has 1 fully saturated rings. The third-order valence-corrected chi connectivity index (χ3v) is 3.27. The highest BCUT2D eigenvalue weighted by Crippen LogP contribution is 2.33. The molecule has 1 heterocycles. The molecule has 0 radical (unpaired) electrons. The van der Waals surface area contributed by atoms with Gasteiger partial charge in [0, 0.05) is 6.54 Å². The largest absolute Gasteiger partial charge is 0.383 e. The quantitative estimate of drug-likeness (QED) is 0.836. The first-order chi connectivity index (χ1) is 8.27. The van der Waals surface area contributed by atoms with E-state index in [0.717, 1.165) is 25.8 Å². The lowest BCUT2D eigenvalue weighted by atomic mass is 10.2. The number of anilines is 2. The molecule has 92 valence electrons. The van der Waals surface area contributed by atoms with E-state index in [4.69, 9.17) is 11.0 Å². The number of hydrogen-bond donors (Lipinski definition) is 2. The van der Waals surface area contributed by atoms with Crippen molar-refractivity contribution >= 4 is 11.6 Å². The summed E-state index contributed by atoms with van der Waals surface area (Å²) in [5.74, 6) is 1.15. The molecule has 2 rings (SSSR count). The van der Waals surface area contributed by atoms with E-state index >= 15 is 0 Å². The molecule has 1 aliphatic rings. The van der Waals surface area contributed by atoms with E-state index in [1.54, 1.807) is 0 Å². The van der Waals surface area contributed by atoms with Gasteiger partial charge < -0.3 is 11.1 Å². The number of nitrogens with two attached hydrogens (primary N) is 1. The SMILES string of the molecule is CCCNc1nn(C2CCCC2)c(N)c1C#N. The van der Waals surface area contributed by atoms with Crippen molar-refractivity contribution in [3.63, 3.8) is 0 Å². The lowest BCUT2D eigenvalue weighted by Gasteiger charge is -2.10. The summed E-state index contributed by atoms with van der Waals surface area (Å²) in [6, 6.07) is 2.52. The van der Waals surface area contributed by atoms with Crippen LogP contribution in [0.2, 0.25) is 0 Å². The molecule has 3 N–H and O–H groups in total. The molecule has 0 amide bonds. The van der Waals surface area contributed by atoms with Gasteiger partial charge in [0.15, 0.2) is 5.82 Å². The molecule has 0 unspecified atom stereocenters. The van der Waals surface area contributed by atoms with Crippen molar-refractivity contribution in [2.24, 2.45) is 0 Å². The molecule has 0 bridgehead atoms. The lowest BCUT2D eigenvalue weighted by molar-refractivity contribution is 0.475. The first kappa shape index (κ1) is 11.8. The minimum atomic E-state index is 0.374. The van der Waals surface area contributed by atoms with Crippen LogP contribution in [0, 0.1) is 11.3 Å². The highest BCUT2D eigenvalue weighted by molar-refractivity contribution is 5.63. The predicted molar refractivity (Wildman–Crippen MR) is 67.6 cm³/mol. The summed E-state index contributed by atoms with van der Waals surface area (Å²) in [4.78, 5) is 0.